The number of fused-ring (bicyclic) bond motifs is 1. The maximum absolute atomic E-state index is 12.7. The van der Waals surface area contributed by atoms with Gasteiger partial charge in [0.05, 0.1) is 11.0 Å². The molecule has 0 unspecified atom stereocenters. The predicted octanol–water partition coefficient (Wildman–Crippen LogP) is 1.97. The fourth-order valence-corrected chi connectivity index (χ4v) is 2.93. The van der Waals surface area contributed by atoms with Crippen molar-refractivity contribution in [3.8, 4) is 0 Å². The number of hydrogen-bond donors (Lipinski definition) is 1. The number of likely N-dealkylation sites (tertiary alicyclic amines) is 1. The van der Waals surface area contributed by atoms with Crippen molar-refractivity contribution in [2.75, 3.05) is 13.1 Å². The SMILES string of the molecule is O=C(c1nc2ccccc2[nH]1)N1CCC[C@H](c2ncon2)C1. The number of H-pyrrole nitrogens is 1. The number of rotatable bonds is 2. The molecular weight excluding hydrogens is 282 g/mol. The Hall–Kier alpha value is -2.70. The Kier molecular flexibility index (Phi) is 3.10. The number of hydrogen-bond acceptors (Lipinski definition) is 5. The summed E-state index contributed by atoms with van der Waals surface area (Å²) in [5, 5.41) is 3.89. The Morgan fingerprint density at radius 3 is 3.09 bits per heavy atom. The number of amides is 1. The van der Waals surface area contributed by atoms with Crippen LogP contribution in [0.5, 0.6) is 0 Å². The lowest BCUT2D eigenvalue weighted by molar-refractivity contribution is 0.0692. The second-order valence-corrected chi connectivity index (χ2v) is 5.48. The number of carbonyl (C=O) groups is 1. The molecule has 4 rings (SSSR count). The van der Waals surface area contributed by atoms with E-state index in [0.717, 1.165) is 30.4 Å². The van der Waals surface area contributed by atoms with E-state index in [1.807, 2.05) is 29.2 Å². The highest BCUT2D eigenvalue weighted by Crippen LogP contribution is 2.25. The van der Waals surface area contributed by atoms with E-state index in [0.29, 0.717) is 18.2 Å². The Morgan fingerprint density at radius 1 is 1.36 bits per heavy atom. The van der Waals surface area contributed by atoms with Gasteiger partial charge in [-0.3, -0.25) is 4.79 Å². The molecule has 7 nitrogen and oxygen atoms in total. The molecule has 0 aliphatic carbocycles. The van der Waals surface area contributed by atoms with Crippen LogP contribution in [-0.2, 0) is 0 Å². The maximum atomic E-state index is 12.7. The molecule has 3 aromatic rings. The van der Waals surface area contributed by atoms with Crippen molar-refractivity contribution < 1.29 is 9.32 Å². The van der Waals surface area contributed by atoms with Gasteiger partial charge in [0.15, 0.2) is 11.6 Å². The minimum absolute atomic E-state index is 0.0793. The molecule has 1 atom stereocenters. The molecule has 112 valence electrons. The third-order valence-corrected chi connectivity index (χ3v) is 4.04. The number of carbonyl (C=O) groups excluding carboxylic acids is 1. The van der Waals surface area contributed by atoms with Gasteiger partial charge in [0.1, 0.15) is 0 Å². The summed E-state index contributed by atoms with van der Waals surface area (Å²) in [5.41, 5.74) is 1.68. The molecule has 22 heavy (non-hydrogen) atoms. The van der Waals surface area contributed by atoms with E-state index in [-0.39, 0.29) is 11.8 Å². The third kappa shape index (κ3) is 2.24. The van der Waals surface area contributed by atoms with E-state index in [2.05, 4.69) is 20.1 Å². The average Bonchev–Trinajstić information content (AvgIpc) is 3.23. The Balaban J connectivity index is 1.56. The lowest BCUT2D eigenvalue weighted by atomic mass is 9.97. The molecule has 1 fully saturated rings. The molecule has 1 aromatic carbocycles. The number of piperidine rings is 1. The van der Waals surface area contributed by atoms with Crippen LogP contribution >= 0.6 is 0 Å². The number of nitrogens with zero attached hydrogens (tertiary/aromatic N) is 4. The highest BCUT2D eigenvalue weighted by atomic mass is 16.5. The van der Waals surface area contributed by atoms with Crippen LogP contribution in [0.2, 0.25) is 0 Å². The quantitative estimate of drug-likeness (QED) is 0.781. The van der Waals surface area contributed by atoms with Crippen molar-refractivity contribution in [1.29, 1.82) is 0 Å². The number of nitrogens with one attached hydrogen (secondary N) is 1. The van der Waals surface area contributed by atoms with Gasteiger partial charge >= 0.3 is 0 Å². The standard InChI is InChI=1S/C15H15N5O2/c21-15(14-17-11-5-1-2-6-12(11)18-14)20-7-3-4-10(8-20)13-16-9-22-19-13/h1-2,5-6,9-10H,3-4,7-8H2,(H,17,18)/t10-/m0/s1. The van der Waals surface area contributed by atoms with Crippen molar-refractivity contribution in [3.05, 3.63) is 42.3 Å². The maximum Gasteiger partial charge on any atom is 0.289 e. The lowest BCUT2D eigenvalue weighted by Crippen LogP contribution is -2.39. The predicted molar refractivity (Wildman–Crippen MR) is 78.3 cm³/mol. The largest absolute Gasteiger partial charge is 0.343 e. The minimum atomic E-state index is -0.0793. The molecule has 1 N–H and O–H groups in total. The number of aromatic amines is 1. The summed E-state index contributed by atoms with van der Waals surface area (Å²) in [4.78, 5) is 26.0. The minimum Gasteiger partial charge on any atom is -0.343 e. The molecule has 2 aromatic heterocycles. The van der Waals surface area contributed by atoms with Gasteiger partial charge in [-0.2, -0.15) is 4.98 Å². The second kappa shape index (κ2) is 5.25. The topological polar surface area (TPSA) is 87.9 Å². The van der Waals surface area contributed by atoms with Crippen LogP contribution < -0.4 is 0 Å². The first-order chi connectivity index (χ1) is 10.8. The summed E-state index contributed by atoms with van der Waals surface area (Å²) in [6, 6.07) is 7.63. The van der Waals surface area contributed by atoms with Crippen molar-refractivity contribution in [2.24, 2.45) is 0 Å². The second-order valence-electron chi connectivity index (χ2n) is 5.48. The first kappa shape index (κ1) is 13.0. The van der Waals surface area contributed by atoms with E-state index in [1.54, 1.807) is 0 Å². The zero-order chi connectivity index (χ0) is 14.9. The van der Waals surface area contributed by atoms with E-state index in [9.17, 15) is 4.79 Å². The molecule has 0 spiro atoms. The molecule has 1 aliphatic rings. The lowest BCUT2D eigenvalue weighted by Gasteiger charge is -2.30. The zero-order valence-electron chi connectivity index (χ0n) is 11.9. The van der Waals surface area contributed by atoms with Gasteiger partial charge in [-0.15, -0.1) is 0 Å². The highest BCUT2D eigenvalue weighted by Gasteiger charge is 2.29. The van der Waals surface area contributed by atoms with Crippen molar-refractivity contribution >= 4 is 16.9 Å². The van der Waals surface area contributed by atoms with Crippen molar-refractivity contribution in [1.82, 2.24) is 25.0 Å². The van der Waals surface area contributed by atoms with Gasteiger partial charge < -0.3 is 14.4 Å². The van der Waals surface area contributed by atoms with E-state index in [1.165, 1.54) is 6.39 Å². The first-order valence-electron chi connectivity index (χ1n) is 7.31. The molecular formula is C15H15N5O2. The number of benzene rings is 1. The molecule has 0 saturated carbocycles. The smallest absolute Gasteiger partial charge is 0.289 e. The summed E-state index contributed by atoms with van der Waals surface area (Å²) in [7, 11) is 0. The summed E-state index contributed by atoms with van der Waals surface area (Å²) < 4.78 is 4.80. The summed E-state index contributed by atoms with van der Waals surface area (Å²) in [6.07, 6.45) is 3.21. The van der Waals surface area contributed by atoms with Crippen LogP contribution in [0.1, 0.15) is 35.2 Å². The van der Waals surface area contributed by atoms with Crippen molar-refractivity contribution in [2.45, 2.75) is 18.8 Å². The number of imidazole rings is 1. The Morgan fingerprint density at radius 2 is 2.27 bits per heavy atom. The van der Waals surface area contributed by atoms with Crippen LogP contribution in [0, 0.1) is 0 Å². The monoisotopic (exact) mass is 297 g/mol. The molecule has 1 saturated heterocycles. The van der Waals surface area contributed by atoms with E-state index < -0.39 is 0 Å². The molecule has 0 bridgehead atoms. The van der Waals surface area contributed by atoms with Gasteiger partial charge in [-0.1, -0.05) is 17.3 Å². The van der Waals surface area contributed by atoms with Gasteiger partial charge in [0.2, 0.25) is 6.39 Å². The van der Waals surface area contributed by atoms with E-state index >= 15 is 0 Å². The molecule has 1 amide bonds. The average molecular weight is 297 g/mol. The normalized spacial score (nSPS) is 18.7. The Labute approximate surface area is 126 Å². The first-order valence-corrected chi connectivity index (χ1v) is 7.31. The zero-order valence-corrected chi connectivity index (χ0v) is 11.9. The van der Waals surface area contributed by atoms with E-state index in [4.69, 9.17) is 4.52 Å². The summed E-state index contributed by atoms with van der Waals surface area (Å²) >= 11 is 0. The molecule has 7 heteroatoms. The highest BCUT2D eigenvalue weighted by molar-refractivity contribution is 5.94. The third-order valence-electron chi connectivity index (χ3n) is 4.04. The van der Waals surface area contributed by atoms with Crippen LogP contribution in [-0.4, -0.2) is 44.0 Å². The summed E-state index contributed by atoms with van der Waals surface area (Å²) in [6.45, 7) is 1.32. The van der Waals surface area contributed by atoms with Crippen molar-refractivity contribution in [3.63, 3.8) is 0 Å². The van der Waals surface area contributed by atoms with Gasteiger partial charge in [0, 0.05) is 19.0 Å². The summed E-state index contributed by atoms with van der Waals surface area (Å²) in [5.74, 6) is 1.10. The van der Waals surface area contributed by atoms with Crippen LogP contribution in [0.4, 0.5) is 0 Å². The Bertz CT molecular complexity index is 762. The molecule has 3 heterocycles. The van der Waals surface area contributed by atoms with Gasteiger partial charge in [-0.05, 0) is 25.0 Å². The fraction of sp³-hybridized carbons (Fsp3) is 0.333. The van der Waals surface area contributed by atoms with Gasteiger partial charge in [0.25, 0.3) is 5.91 Å². The molecule has 0 radical (unpaired) electrons. The van der Waals surface area contributed by atoms with Crippen LogP contribution in [0.3, 0.4) is 0 Å². The molecule has 1 aliphatic heterocycles. The fourth-order valence-electron chi connectivity index (χ4n) is 2.93. The number of para-hydroxylation sites is 2. The van der Waals surface area contributed by atoms with Crippen LogP contribution in [0.15, 0.2) is 35.2 Å². The van der Waals surface area contributed by atoms with Gasteiger partial charge in [-0.25, -0.2) is 4.98 Å². The van der Waals surface area contributed by atoms with Crippen LogP contribution in [0.25, 0.3) is 11.0 Å². The number of aromatic nitrogens is 4.